The van der Waals surface area contributed by atoms with E-state index in [0.717, 1.165) is 0 Å². The van der Waals surface area contributed by atoms with E-state index in [1.165, 1.54) is 0 Å². The number of carbonyl (C=O) groups is 2. The first-order valence-corrected chi connectivity index (χ1v) is 7.17. The van der Waals surface area contributed by atoms with E-state index >= 15 is 0 Å². The van der Waals surface area contributed by atoms with Crippen molar-refractivity contribution in [2.45, 2.75) is 25.9 Å². The van der Waals surface area contributed by atoms with Gasteiger partial charge in [-0.05, 0) is 38.1 Å². The summed E-state index contributed by atoms with van der Waals surface area (Å²) < 4.78 is 9.94. The van der Waals surface area contributed by atoms with Crippen LogP contribution in [0.1, 0.15) is 34.6 Å². The maximum absolute atomic E-state index is 12.0. The highest BCUT2D eigenvalue weighted by molar-refractivity contribution is 5.98. The molecule has 0 radical (unpaired) electrons. The molecule has 1 aromatic carbocycles. The topological polar surface area (TPSA) is 76.7 Å². The van der Waals surface area contributed by atoms with Crippen molar-refractivity contribution in [2.24, 2.45) is 0 Å². The molecule has 6 nitrogen and oxygen atoms in total. The van der Waals surface area contributed by atoms with Gasteiger partial charge in [-0.3, -0.25) is 9.59 Å². The summed E-state index contributed by atoms with van der Waals surface area (Å²) in [6, 6.07) is 6.37. The Bertz CT molecular complexity index is 442. The number of rotatable bonds is 8. The third-order valence-corrected chi connectivity index (χ3v) is 3.00. The fraction of sp³-hybridized carbons (Fsp3) is 0.500. The van der Waals surface area contributed by atoms with Gasteiger partial charge in [0.05, 0.1) is 13.2 Å². The van der Waals surface area contributed by atoms with Crippen LogP contribution < -0.4 is 10.6 Å². The van der Waals surface area contributed by atoms with Gasteiger partial charge < -0.3 is 20.1 Å². The molecule has 6 heteroatoms. The van der Waals surface area contributed by atoms with E-state index in [9.17, 15) is 9.59 Å². The van der Waals surface area contributed by atoms with E-state index in [4.69, 9.17) is 9.47 Å². The molecule has 0 aliphatic carbocycles. The monoisotopic (exact) mass is 308 g/mol. The normalized spacial score (nSPS) is 13.3. The van der Waals surface area contributed by atoms with Crippen LogP contribution in [0, 0.1) is 0 Å². The summed E-state index contributed by atoms with van der Waals surface area (Å²) in [7, 11) is 3.17. The predicted molar refractivity (Wildman–Crippen MR) is 84.1 cm³/mol. The molecule has 122 valence electrons. The molecule has 1 rings (SSSR count). The fourth-order valence-corrected chi connectivity index (χ4v) is 1.97. The van der Waals surface area contributed by atoms with Crippen molar-refractivity contribution in [1.82, 2.24) is 10.6 Å². The van der Waals surface area contributed by atoms with Crippen LogP contribution >= 0.6 is 0 Å². The van der Waals surface area contributed by atoms with E-state index in [1.807, 2.05) is 13.8 Å². The Morgan fingerprint density at radius 2 is 1.18 bits per heavy atom. The van der Waals surface area contributed by atoms with Crippen LogP contribution in [-0.2, 0) is 9.47 Å². The van der Waals surface area contributed by atoms with Crippen molar-refractivity contribution in [2.75, 3.05) is 27.4 Å². The predicted octanol–water partition coefficient (Wildman–Crippen LogP) is 1.22. The molecule has 1 aromatic rings. The van der Waals surface area contributed by atoms with Gasteiger partial charge in [0.2, 0.25) is 0 Å². The molecule has 0 heterocycles. The minimum absolute atomic E-state index is 0.0737. The summed E-state index contributed by atoms with van der Waals surface area (Å²) >= 11 is 0. The first kappa shape index (κ1) is 18.1. The smallest absolute Gasteiger partial charge is 0.251 e. The Labute approximate surface area is 131 Å². The molecule has 0 bridgehead atoms. The van der Waals surface area contributed by atoms with E-state index < -0.39 is 0 Å². The molecule has 0 saturated heterocycles. The van der Waals surface area contributed by atoms with Crippen LogP contribution in [0.5, 0.6) is 0 Å². The zero-order valence-corrected chi connectivity index (χ0v) is 13.5. The Balaban J connectivity index is 2.62. The van der Waals surface area contributed by atoms with E-state index in [0.29, 0.717) is 24.3 Å². The molecule has 0 fully saturated rings. The second-order valence-corrected chi connectivity index (χ2v) is 5.24. The molecule has 0 aromatic heterocycles. The van der Waals surface area contributed by atoms with Crippen LogP contribution in [0.2, 0.25) is 0 Å². The van der Waals surface area contributed by atoms with Gasteiger partial charge in [0.1, 0.15) is 0 Å². The van der Waals surface area contributed by atoms with Gasteiger partial charge in [-0.1, -0.05) is 0 Å². The summed E-state index contributed by atoms with van der Waals surface area (Å²) in [5.41, 5.74) is 1.01. The summed E-state index contributed by atoms with van der Waals surface area (Å²) in [5.74, 6) is -0.381. The fourth-order valence-electron chi connectivity index (χ4n) is 1.97. The third kappa shape index (κ3) is 5.83. The molecule has 0 saturated carbocycles. The lowest BCUT2D eigenvalue weighted by atomic mass is 10.1. The van der Waals surface area contributed by atoms with Crippen molar-refractivity contribution >= 4 is 11.8 Å². The third-order valence-electron chi connectivity index (χ3n) is 3.00. The standard InChI is InChI=1S/C16H24N2O4/c1-11(9-21-3)17-15(19)13-5-7-14(8-6-13)16(20)18-12(2)10-22-4/h5-8,11-12H,9-10H2,1-4H3,(H,17,19)(H,18,20). The van der Waals surface area contributed by atoms with Crippen molar-refractivity contribution in [1.29, 1.82) is 0 Å². The SMILES string of the molecule is COCC(C)NC(=O)c1ccc(C(=O)NC(C)COC)cc1. The Morgan fingerprint density at radius 3 is 1.45 bits per heavy atom. The van der Waals surface area contributed by atoms with Crippen LogP contribution in [-0.4, -0.2) is 51.3 Å². The highest BCUT2D eigenvalue weighted by Crippen LogP contribution is 2.05. The van der Waals surface area contributed by atoms with E-state index in [2.05, 4.69) is 10.6 Å². The number of hydrogen-bond donors (Lipinski definition) is 2. The summed E-state index contributed by atoms with van der Waals surface area (Å²) in [4.78, 5) is 24.0. The number of hydrogen-bond acceptors (Lipinski definition) is 4. The molecule has 2 amide bonds. The summed E-state index contributed by atoms with van der Waals surface area (Å²) in [5, 5.41) is 5.63. The van der Waals surface area contributed by atoms with Gasteiger partial charge in [0.25, 0.3) is 11.8 Å². The molecular weight excluding hydrogens is 284 g/mol. The molecular formula is C16H24N2O4. The van der Waals surface area contributed by atoms with Gasteiger partial charge in [-0.2, -0.15) is 0 Å². The van der Waals surface area contributed by atoms with Crippen LogP contribution in [0.15, 0.2) is 24.3 Å². The van der Waals surface area contributed by atoms with Crippen molar-refractivity contribution in [3.8, 4) is 0 Å². The molecule has 22 heavy (non-hydrogen) atoms. The Morgan fingerprint density at radius 1 is 0.864 bits per heavy atom. The van der Waals surface area contributed by atoms with Crippen molar-refractivity contribution < 1.29 is 19.1 Å². The van der Waals surface area contributed by atoms with Crippen LogP contribution in [0.4, 0.5) is 0 Å². The van der Waals surface area contributed by atoms with Gasteiger partial charge >= 0.3 is 0 Å². The lowest BCUT2D eigenvalue weighted by Gasteiger charge is -2.14. The Kier molecular flexibility index (Phi) is 7.56. The lowest BCUT2D eigenvalue weighted by molar-refractivity contribution is 0.0894. The first-order chi connectivity index (χ1) is 10.5. The zero-order valence-electron chi connectivity index (χ0n) is 13.5. The second kappa shape index (κ2) is 9.17. The van der Waals surface area contributed by atoms with Crippen LogP contribution in [0.3, 0.4) is 0 Å². The lowest BCUT2D eigenvalue weighted by Crippen LogP contribution is -2.36. The Hall–Kier alpha value is -1.92. The maximum Gasteiger partial charge on any atom is 0.251 e. The molecule has 0 spiro atoms. The largest absolute Gasteiger partial charge is 0.383 e. The molecule has 0 aliphatic rings. The molecule has 2 unspecified atom stereocenters. The van der Waals surface area contributed by atoms with Gasteiger partial charge in [0, 0.05) is 37.4 Å². The van der Waals surface area contributed by atoms with Gasteiger partial charge in [-0.25, -0.2) is 0 Å². The summed E-state index contributed by atoms with van der Waals surface area (Å²) in [6.07, 6.45) is 0. The summed E-state index contributed by atoms with van der Waals surface area (Å²) in [6.45, 7) is 4.62. The molecule has 2 N–H and O–H groups in total. The second-order valence-electron chi connectivity index (χ2n) is 5.24. The number of methoxy groups -OCH3 is 2. The van der Waals surface area contributed by atoms with Gasteiger partial charge in [-0.15, -0.1) is 0 Å². The van der Waals surface area contributed by atoms with E-state index in [1.54, 1.807) is 38.5 Å². The highest BCUT2D eigenvalue weighted by Gasteiger charge is 2.12. The van der Waals surface area contributed by atoms with Gasteiger partial charge in [0.15, 0.2) is 0 Å². The minimum atomic E-state index is -0.191. The number of nitrogens with one attached hydrogen (secondary N) is 2. The number of benzene rings is 1. The van der Waals surface area contributed by atoms with Crippen LogP contribution in [0.25, 0.3) is 0 Å². The average Bonchev–Trinajstić information content (AvgIpc) is 2.47. The van der Waals surface area contributed by atoms with E-state index in [-0.39, 0.29) is 23.9 Å². The van der Waals surface area contributed by atoms with Crippen molar-refractivity contribution in [3.05, 3.63) is 35.4 Å². The van der Waals surface area contributed by atoms with Crippen molar-refractivity contribution in [3.63, 3.8) is 0 Å². The number of carbonyl (C=O) groups excluding carboxylic acids is 2. The number of amides is 2. The molecule has 0 aliphatic heterocycles. The first-order valence-electron chi connectivity index (χ1n) is 7.17. The molecule has 2 atom stereocenters. The average molecular weight is 308 g/mol. The highest BCUT2D eigenvalue weighted by atomic mass is 16.5. The zero-order chi connectivity index (χ0) is 16.5. The quantitative estimate of drug-likeness (QED) is 0.757. The maximum atomic E-state index is 12.0. The minimum Gasteiger partial charge on any atom is -0.383 e. The number of ether oxygens (including phenoxy) is 2.